The van der Waals surface area contributed by atoms with Gasteiger partial charge in [0.1, 0.15) is 11.4 Å². The van der Waals surface area contributed by atoms with Gasteiger partial charge in [-0.1, -0.05) is 6.07 Å². The molecular weight excluding hydrogens is 262 g/mol. The van der Waals surface area contributed by atoms with Gasteiger partial charge in [-0.15, -0.1) is 11.8 Å². The number of pyridine rings is 1. The number of aromatic nitrogens is 5. The number of nitrogens with zero attached hydrogens (tertiary/aromatic N) is 5. The molecule has 7 heteroatoms. The zero-order chi connectivity index (χ0) is 13.1. The summed E-state index contributed by atoms with van der Waals surface area (Å²) in [7, 11) is 0. The summed E-state index contributed by atoms with van der Waals surface area (Å²) in [5, 5.41) is 14.9. The lowest BCUT2D eigenvalue weighted by Gasteiger charge is -2.02. The molecule has 0 aliphatic heterocycles. The minimum atomic E-state index is 0.116. The average Bonchev–Trinajstić information content (AvgIpc) is 2.90. The second-order valence-electron chi connectivity index (χ2n) is 3.73. The van der Waals surface area contributed by atoms with E-state index in [0.717, 1.165) is 10.4 Å². The quantitative estimate of drug-likeness (QED) is 0.570. The SMILES string of the molecule is OCCSc1ncnc2c1cnn2-c1ccccn1. The summed E-state index contributed by atoms with van der Waals surface area (Å²) < 4.78 is 1.68. The molecule has 0 unspecified atom stereocenters. The van der Waals surface area contributed by atoms with Crippen molar-refractivity contribution in [3.05, 3.63) is 36.9 Å². The molecule has 3 aromatic rings. The van der Waals surface area contributed by atoms with Crippen molar-refractivity contribution < 1.29 is 5.11 Å². The van der Waals surface area contributed by atoms with E-state index in [1.807, 2.05) is 18.2 Å². The molecule has 0 atom stereocenters. The Bertz CT molecular complexity index is 685. The van der Waals surface area contributed by atoms with Crippen LogP contribution >= 0.6 is 11.8 Å². The maximum absolute atomic E-state index is 8.89. The fourth-order valence-corrected chi connectivity index (χ4v) is 2.43. The fraction of sp³-hybridized carbons (Fsp3) is 0.167. The normalized spacial score (nSPS) is 11.0. The van der Waals surface area contributed by atoms with Crippen LogP contribution in [0.15, 0.2) is 41.9 Å². The average molecular weight is 273 g/mol. The summed E-state index contributed by atoms with van der Waals surface area (Å²) in [5.74, 6) is 1.32. The van der Waals surface area contributed by atoms with Gasteiger partial charge in [0.25, 0.3) is 0 Å². The fourth-order valence-electron chi connectivity index (χ4n) is 1.73. The molecule has 0 bridgehead atoms. The van der Waals surface area contributed by atoms with E-state index in [1.54, 1.807) is 17.1 Å². The molecule has 3 heterocycles. The molecule has 3 aromatic heterocycles. The summed E-state index contributed by atoms with van der Waals surface area (Å²) in [6.45, 7) is 0.116. The lowest BCUT2D eigenvalue weighted by atomic mass is 10.4. The highest BCUT2D eigenvalue weighted by atomic mass is 32.2. The van der Waals surface area contributed by atoms with Gasteiger partial charge in [-0.25, -0.2) is 15.0 Å². The van der Waals surface area contributed by atoms with Gasteiger partial charge in [0.05, 0.1) is 18.2 Å². The molecular formula is C12H11N5OS. The molecule has 0 spiro atoms. The molecule has 19 heavy (non-hydrogen) atoms. The van der Waals surface area contributed by atoms with Crippen LogP contribution in [0.1, 0.15) is 0 Å². The smallest absolute Gasteiger partial charge is 0.169 e. The highest BCUT2D eigenvalue weighted by molar-refractivity contribution is 7.99. The minimum absolute atomic E-state index is 0.116. The minimum Gasteiger partial charge on any atom is -0.396 e. The van der Waals surface area contributed by atoms with Gasteiger partial charge in [-0.05, 0) is 12.1 Å². The topological polar surface area (TPSA) is 76.7 Å². The molecule has 3 rings (SSSR count). The first kappa shape index (κ1) is 12.1. The maximum atomic E-state index is 8.89. The number of fused-ring (bicyclic) bond motifs is 1. The van der Waals surface area contributed by atoms with Crippen LogP contribution in [0.5, 0.6) is 0 Å². The monoisotopic (exact) mass is 273 g/mol. The Morgan fingerprint density at radius 3 is 2.95 bits per heavy atom. The highest BCUT2D eigenvalue weighted by Gasteiger charge is 2.11. The zero-order valence-electron chi connectivity index (χ0n) is 9.97. The van der Waals surface area contributed by atoms with Gasteiger partial charge in [0.15, 0.2) is 11.5 Å². The first-order chi connectivity index (χ1) is 9.40. The van der Waals surface area contributed by atoms with Crippen LogP contribution in [0, 0.1) is 0 Å². The Morgan fingerprint density at radius 1 is 1.21 bits per heavy atom. The Labute approximate surface area is 113 Å². The first-order valence-electron chi connectivity index (χ1n) is 5.74. The van der Waals surface area contributed by atoms with E-state index in [0.29, 0.717) is 17.2 Å². The number of aliphatic hydroxyl groups excluding tert-OH is 1. The molecule has 0 saturated heterocycles. The van der Waals surface area contributed by atoms with E-state index in [1.165, 1.54) is 18.1 Å². The molecule has 0 aliphatic rings. The summed E-state index contributed by atoms with van der Waals surface area (Å²) in [4.78, 5) is 12.7. The van der Waals surface area contributed by atoms with Gasteiger partial charge < -0.3 is 5.11 Å². The van der Waals surface area contributed by atoms with Crippen LogP contribution in [0.2, 0.25) is 0 Å². The highest BCUT2D eigenvalue weighted by Crippen LogP contribution is 2.24. The van der Waals surface area contributed by atoms with Crippen LogP contribution in [-0.4, -0.2) is 42.2 Å². The molecule has 0 radical (unpaired) electrons. The van der Waals surface area contributed by atoms with E-state index in [4.69, 9.17) is 5.11 Å². The summed E-state index contributed by atoms with van der Waals surface area (Å²) >= 11 is 1.48. The number of thioether (sulfide) groups is 1. The van der Waals surface area contributed by atoms with Crippen molar-refractivity contribution in [2.75, 3.05) is 12.4 Å². The molecule has 1 N–H and O–H groups in total. The predicted molar refractivity (Wildman–Crippen MR) is 72.3 cm³/mol. The zero-order valence-corrected chi connectivity index (χ0v) is 10.8. The third-order valence-corrected chi connectivity index (χ3v) is 3.51. The van der Waals surface area contributed by atoms with Crippen LogP contribution in [-0.2, 0) is 0 Å². The molecule has 0 saturated carbocycles. The van der Waals surface area contributed by atoms with Crippen LogP contribution in [0.25, 0.3) is 16.9 Å². The second-order valence-corrected chi connectivity index (χ2v) is 4.82. The Kier molecular flexibility index (Phi) is 3.39. The van der Waals surface area contributed by atoms with Gasteiger partial charge in [-0.3, -0.25) is 0 Å². The van der Waals surface area contributed by atoms with E-state index in [-0.39, 0.29) is 6.61 Å². The summed E-state index contributed by atoms with van der Waals surface area (Å²) in [6.07, 6.45) is 4.94. The van der Waals surface area contributed by atoms with E-state index in [2.05, 4.69) is 20.1 Å². The molecule has 0 aliphatic carbocycles. The molecule has 96 valence electrons. The lowest BCUT2D eigenvalue weighted by Crippen LogP contribution is -2.00. The number of hydrogen-bond acceptors (Lipinski definition) is 6. The summed E-state index contributed by atoms with van der Waals surface area (Å²) in [5.41, 5.74) is 0.717. The van der Waals surface area contributed by atoms with Crippen LogP contribution < -0.4 is 0 Å². The van der Waals surface area contributed by atoms with Crippen molar-refractivity contribution in [2.45, 2.75) is 5.03 Å². The van der Waals surface area contributed by atoms with Crippen LogP contribution in [0.3, 0.4) is 0 Å². The number of hydrogen-bond donors (Lipinski definition) is 1. The van der Waals surface area contributed by atoms with Gasteiger partial charge in [-0.2, -0.15) is 9.78 Å². The number of aliphatic hydroxyl groups is 1. The standard InChI is InChI=1S/C12H11N5OS/c18-5-6-19-12-9-7-16-17(11(9)14-8-15-12)10-3-1-2-4-13-10/h1-4,7-8,18H,5-6H2. The van der Waals surface area contributed by atoms with Gasteiger partial charge >= 0.3 is 0 Å². The van der Waals surface area contributed by atoms with E-state index < -0.39 is 0 Å². The van der Waals surface area contributed by atoms with E-state index >= 15 is 0 Å². The van der Waals surface area contributed by atoms with Crippen molar-refractivity contribution in [2.24, 2.45) is 0 Å². The Hall–Kier alpha value is -1.99. The van der Waals surface area contributed by atoms with Crippen molar-refractivity contribution in [3.63, 3.8) is 0 Å². The Morgan fingerprint density at radius 2 is 2.16 bits per heavy atom. The van der Waals surface area contributed by atoms with Crippen molar-refractivity contribution in [1.82, 2.24) is 24.7 Å². The van der Waals surface area contributed by atoms with Gasteiger partial charge in [0.2, 0.25) is 0 Å². The predicted octanol–water partition coefficient (Wildman–Crippen LogP) is 1.29. The lowest BCUT2D eigenvalue weighted by molar-refractivity contribution is 0.322. The maximum Gasteiger partial charge on any atom is 0.169 e. The third-order valence-electron chi connectivity index (χ3n) is 2.53. The molecule has 0 fully saturated rings. The van der Waals surface area contributed by atoms with Crippen LogP contribution in [0.4, 0.5) is 0 Å². The molecule has 6 nitrogen and oxygen atoms in total. The molecule has 0 amide bonds. The van der Waals surface area contributed by atoms with E-state index in [9.17, 15) is 0 Å². The molecule has 0 aromatic carbocycles. The summed E-state index contributed by atoms with van der Waals surface area (Å²) in [6, 6.07) is 5.63. The number of rotatable bonds is 4. The largest absolute Gasteiger partial charge is 0.396 e. The van der Waals surface area contributed by atoms with Gasteiger partial charge in [0, 0.05) is 11.9 Å². The van der Waals surface area contributed by atoms with Crippen molar-refractivity contribution in [1.29, 1.82) is 0 Å². The second kappa shape index (κ2) is 5.33. The third kappa shape index (κ3) is 2.29. The van der Waals surface area contributed by atoms with Crippen molar-refractivity contribution in [3.8, 4) is 5.82 Å². The Balaban J connectivity index is 2.09. The van der Waals surface area contributed by atoms with Crippen molar-refractivity contribution >= 4 is 22.8 Å². The first-order valence-corrected chi connectivity index (χ1v) is 6.72.